The summed E-state index contributed by atoms with van der Waals surface area (Å²) in [6.07, 6.45) is 18.8. The van der Waals surface area contributed by atoms with E-state index in [0.29, 0.717) is 12.8 Å². The summed E-state index contributed by atoms with van der Waals surface area (Å²) >= 11 is 0. The lowest BCUT2D eigenvalue weighted by Crippen LogP contribution is -2.37. The van der Waals surface area contributed by atoms with E-state index in [0.717, 1.165) is 76.3 Å². The number of hydrogen-bond donors (Lipinski definition) is 1. The number of aliphatic carboxylic acids is 1. The first kappa shape index (κ1) is 36.8. The van der Waals surface area contributed by atoms with E-state index in [2.05, 4.69) is 130 Å². The van der Waals surface area contributed by atoms with Crippen molar-refractivity contribution in [3.63, 3.8) is 0 Å². The molecular weight excluding hydrogens is 627 g/mol. The Morgan fingerprint density at radius 1 is 1.00 bits per heavy atom. The molecule has 6 rings (SSSR count). The van der Waals surface area contributed by atoms with Gasteiger partial charge in [0.2, 0.25) is 0 Å². The second-order valence-electron chi connectivity index (χ2n) is 16.4. The monoisotopic (exact) mass is 687 g/mol. The van der Waals surface area contributed by atoms with Crippen LogP contribution >= 0.6 is 0 Å². The first-order chi connectivity index (χ1) is 24.4. The van der Waals surface area contributed by atoms with Crippen LogP contribution in [0.4, 0.5) is 5.69 Å². The molecule has 272 valence electrons. The summed E-state index contributed by atoms with van der Waals surface area (Å²) in [5.74, 6) is -0.916. The molecule has 4 aliphatic rings. The summed E-state index contributed by atoms with van der Waals surface area (Å²) in [7, 11) is 0. The molecule has 2 aromatic carbocycles. The highest BCUT2D eigenvalue weighted by Gasteiger charge is 2.41. The Morgan fingerprint density at radius 3 is 2.45 bits per heavy atom. The Balaban J connectivity index is 1.43. The first-order valence-corrected chi connectivity index (χ1v) is 19.7. The van der Waals surface area contributed by atoms with Crippen LogP contribution in [0.5, 0.6) is 0 Å². The van der Waals surface area contributed by atoms with E-state index < -0.39 is 5.97 Å². The van der Waals surface area contributed by atoms with Crippen molar-refractivity contribution < 1.29 is 9.90 Å². The molecule has 0 unspecified atom stereocenters. The lowest BCUT2D eigenvalue weighted by molar-refractivity contribution is -0.143. The van der Waals surface area contributed by atoms with Gasteiger partial charge in [0, 0.05) is 54.0 Å². The fourth-order valence-corrected chi connectivity index (χ4v) is 8.98. The van der Waals surface area contributed by atoms with Crippen molar-refractivity contribution >= 4 is 18.2 Å². The first-order valence-electron chi connectivity index (χ1n) is 19.7. The zero-order chi connectivity index (χ0) is 36.5. The van der Waals surface area contributed by atoms with E-state index in [1.165, 1.54) is 56.3 Å². The lowest BCUT2D eigenvalue weighted by Gasteiger charge is -2.38. The van der Waals surface area contributed by atoms with Crippen molar-refractivity contribution in [2.45, 2.75) is 117 Å². The van der Waals surface area contributed by atoms with Gasteiger partial charge in [0.15, 0.2) is 0 Å². The van der Waals surface area contributed by atoms with Gasteiger partial charge < -0.3 is 19.5 Å². The number of carboxylic acid groups (broad SMARTS) is 1. The Morgan fingerprint density at radius 2 is 1.75 bits per heavy atom. The fraction of sp³-hybridized carbons (Fsp3) is 0.500. The predicted molar refractivity (Wildman–Crippen MR) is 213 cm³/mol. The Bertz CT molecular complexity index is 1880. The topological polar surface area (TPSA) is 46.8 Å². The minimum Gasteiger partial charge on any atom is -0.481 e. The Hall–Kier alpha value is -3.99. The fourth-order valence-electron chi connectivity index (χ4n) is 8.98. The van der Waals surface area contributed by atoms with Gasteiger partial charge >= 0.3 is 5.97 Å². The molecule has 3 heterocycles. The van der Waals surface area contributed by atoms with Crippen LogP contribution in [0.25, 0.3) is 6.58 Å². The molecule has 0 aromatic heterocycles. The normalized spacial score (nSPS) is 21.8. The number of likely N-dealkylation sites (tertiary alicyclic amines) is 1. The van der Waals surface area contributed by atoms with Crippen molar-refractivity contribution in [3.8, 4) is 0 Å². The lowest BCUT2D eigenvalue weighted by atomic mass is 9.79. The summed E-state index contributed by atoms with van der Waals surface area (Å²) in [5.41, 5.74) is 10.7. The minimum absolute atomic E-state index is 0.0945. The van der Waals surface area contributed by atoms with Gasteiger partial charge in [0.05, 0.1) is 12.0 Å². The molecule has 0 atom stereocenters. The molecule has 51 heavy (non-hydrogen) atoms. The van der Waals surface area contributed by atoms with Crippen LogP contribution in [0.1, 0.15) is 116 Å². The minimum atomic E-state index is -0.657. The number of nitrogens with zero attached hydrogens (tertiary/aromatic N) is 3. The number of allylic oxidation sites excluding steroid dienone is 6. The molecule has 2 aromatic rings. The zero-order valence-corrected chi connectivity index (χ0v) is 32.4. The third kappa shape index (κ3) is 7.10. The molecule has 0 radical (unpaired) electrons. The van der Waals surface area contributed by atoms with E-state index in [9.17, 15) is 9.90 Å². The van der Waals surface area contributed by atoms with Crippen molar-refractivity contribution in [3.05, 3.63) is 117 Å². The quantitative estimate of drug-likeness (QED) is 0.190. The van der Waals surface area contributed by atoms with Gasteiger partial charge in [-0.25, -0.2) is 0 Å². The smallest absolute Gasteiger partial charge is 0.306 e. The number of aryl methyl sites for hydroxylation is 1. The van der Waals surface area contributed by atoms with Crippen LogP contribution in [0.15, 0.2) is 83.2 Å². The second-order valence-corrected chi connectivity index (χ2v) is 16.4. The van der Waals surface area contributed by atoms with Crippen LogP contribution in [-0.2, 0) is 15.6 Å². The summed E-state index contributed by atoms with van der Waals surface area (Å²) in [5, 5.41) is 12.2. The number of carbonyl (C=O) groups is 1. The molecule has 5 nitrogen and oxygen atoms in total. The van der Waals surface area contributed by atoms with Gasteiger partial charge in [0.1, 0.15) is 11.9 Å². The number of rotatable bonds is 11. The number of anilines is 1. The highest BCUT2D eigenvalue weighted by Crippen LogP contribution is 2.48. The maximum atomic E-state index is 12.0. The second kappa shape index (κ2) is 14.9. The third-order valence-electron chi connectivity index (χ3n) is 12.0. The summed E-state index contributed by atoms with van der Waals surface area (Å²) in [6, 6.07) is 15.0. The maximum Gasteiger partial charge on any atom is 0.306 e. The SMILES string of the molecule is C=c1ccc2c(c1)C(C)(C)[C-](C=CC1=C(N3CCC(C(=O)O)CC3)C(=CC=C3N(CCCC)c4ccc(C)cc4C3(C)C)CCC1)[N+]=2CCCC. The number of hydrogen-bond acceptors (Lipinski definition) is 3. The molecule has 0 bridgehead atoms. The molecule has 0 spiro atoms. The molecule has 0 saturated carbocycles. The van der Waals surface area contributed by atoms with E-state index in [4.69, 9.17) is 0 Å². The predicted octanol–water partition coefficient (Wildman–Crippen LogP) is 8.72. The standard InChI is InChI=1S/C46H61N3O2/c1-9-11-26-48-39-20-16-32(3)30-37(39)45(5,6)41(48)22-18-34-14-13-15-35(43(34)47-28-24-36(25-29-47)44(50)51)19-23-42-46(7,8)38-31-33(4)17-21-40(38)49(42)27-12-10-2/h16-23,30-31,36H,3,9-15,24-29H2,1-2,4-8H3,(H,50,51). The maximum absolute atomic E-state index is 12.0. The molecule has 1 saturated heterocycles. The summed E-state index contributed by atoms with van der Waals surface area (Å²) < 4.78 is 2.55. The van der Waals surface area contributed by atoms with Crippen molar-refractivity contribution in [1.29, 1.82) is 0 Å². The summed E-state index contributed by atoms with van der Waals surface area (Å²) in [4.78, 5) is 17.0. The van der Waals surface area contributed by atoms with Gasteiger partial charge in [-0.15, -0.1) is 12.2 Å². The molecule has 5 heteroatoms. The molecular formula is C46H61N3O2. The van der Waals surface area contributed by atoms with E-state index >= 15 is 0 Å². The number of unbranched alkanes of at least 4 members (excludes halogenated alkanes) is 2. The zero-order valence-electron chi connectivity index (χ0n) is 32.4. The highest BCUT2D eigenvalue weighted by molar-refractivity contribution is 5.72. The van der Waals surface area contributed by atoms with Crippen LogP contribution in [0.3, 0.4) is 0 Å². The Kier molecular flexibility index (Phi) is 10.8. The number of fused-ring (bicyclic) bond motifs is 2. The largest absolute Gasteiger partial charge is 0.481 e. The highest BCUT2D eigenvalue weighted by atomic mass is 16.4. The van der Waals surface area contributed by atoms with Gasteiger partial charge in [0.25, 0.3) is 0 Å². The van der Waals surface area contributed by atoms with Crippen LogP contribution in [0, 0.1) is 18.9 Å². The Labute approximate surface area is 307 Å². The third-order valence-corrected chi connectivity index (χ3v) is 12.0. The number of benzene rings is 2. The average Bonchev–Trinajstić information content (AvgIpc) is 3.44. The molecule has 1 fully saturated rings. The summed E-state index contributed by atoms with van der Waals surface area (Å²) in [6.45, 7) is 24.0. The molecule has 0 amide bonds. The van der Waals surface area contributed by atoms with Gasteiger partial charge in [-0.05, 0) is 85.6 Å². The van der Waals surface area contributed by atoms with Gasteiger partial charge in [-0.3, -0.25) is 4.79 Å². The van der Waals surface area contributed by atoms with E-state index in [-0.39, 0.29) is 16.7 Å². The van der Waals surface area contributed by atoms with Crippen molar-refractivity contribution in [2.75, 3.05) is 31.1 Å². The van der Waals surface area contributed by atoms with Gasteiger partial charge in [-0.1, -0.05) is 102 Å². The molecule has 1 aliphatic carbocycles. The number of carboxylic acids is 1. The van der Waals surface area contributed by atoms with Crippen molar-refractivity contribution in [1.82, 2.24) is 9.48 Å². The molecule has 1 N–H and O–H groups in total. The van der Waals surface area contributed by atoms with Crippen LogP contribution in [-0.4, -0.2) is 42.2 Å². The van der Waals surface area contributed by atoms with Crippen molar-refractivity contribution in [2.24, 2.45) is 5.92 Å². The number of piperidine rings is 1. The van der Waals surface area contributed by atoms with Crippen LogP contribution in [0.2, 0.25) is 0 Å². The van der Waals surface area contributed by atoms with Gasteiger partial charge in [-0.2, -0.15) is 0 Å². The average molecular weight is 688 g/mol. The molecule has 3 aliphatic heterocycles. The van der Waals surface area contributed by atoms with E-state index in [1.54, 1.807) is 0 Å². The van der Waals surface area contributed by atoms with E-state index in [1.807, 2.05) is 0 Å². The van der Waals surface area contributed by atoms with Crippen LogP contribution < -0.4 is 20.1 Å².